The Bertz CT molecular complexity index is 634. The number of aryl methyl sites for hydroxylation is 2. The number of nitrogens with zero attached hydrogens (tertiary/aromatic N) is 4. The van der Waals surface area contributed by atoms with Crippen LogP contribution >= 0.6 is 0 Å². The number of hydrogen-bond acceptors (Lipinski definition) is 2. The number of pyridine rings is 1. The van der Waals surface area contributed by atoms with Crippen molar-refractivity contribution in [3.05, 3.63) is 42.5 Å². The lowest BCUT2D eigenvalue weighted by molar-refractivity contribution is 0.918. The molecular weight excluding hydrogens is 200 g/mol. The third-order valence-corrected chi connectivity index (χ3v) is 2.75. The van der Waals surface area contributed by atoms with E-state index in [1.165, 1.54) is 0 Å². The van der Waals surface area contributed by atoms with Crippen LogP contribution in [0.3, 0.4) is 0 Å². The Morgan fingerprint density at radius 2 is 2.06 bits per heavy atom. The molecule has 0 saturated carbocycles. The predicted octanol–water partition coefficient (Wildman–Crippen LogP) is 2.04. The summed E-state index contributed by atoms with van der Waals surface area (Å²) in [7, 11) is 2.02. The van der Waals surface area contributed by atoms with Crippen molar-refractivity contribution in [3.63, 3.8) is 0 Å². The minimum absolute atomic E-state index is 0.969. The van der Waals surface area contributed by atoms with Gasteiger partial charge in [-0.1, -0.05) is 6.07 Å². The number of rotatable bonds is 1. The highest BCUT2D eigenvalue weighted by Crippen LogP contribution is 2.25. The fraction of sp³-hybridized carbons (Fsp3) is 0.167. The summed E-state index contributed by atoms with van der Waals surface area (Å²) in [5.74, 6) is 0. The molecule has 0 N–H and O–H groups in total. The molecule has 80 valence electrons. The molecule has 0 aliphatic rings. The van der Waals surface area contributed by atoms with Gasteiger partial charge in [0.05, 0.1) is 17.0 Å². The van der Waals surface area contributed by atoms with E-state index in [-0.39, 0.29) is 0 Å². The largest absolute Gasteiger partial charge is 0.334 e. The quantitative estimate of drug-likeness (QED) is 0.618. The highest BCUT2D eigenvalue weighted by atomic mass is 15.3. The monoisotopic (exact) mass is 212 g/mol. The molecule has 0 aliphatic carbocycles. The summed E-state index contributed by atoms with van der Waals surface area (Å²) in [6.45, 7) is 2.01. The molecule has 0 bridgehead atoms. The van der Waals surface area contributed by atoms with Gasteiger partial charge in [-0.05, 0) is 19.1 Å². The molecule has 3 heterocycles. The third-order valence-electron chi connectivity index (χ3n) is 2.75. The van der Waals surface area contributed by atoms with Crippen molar-refractivity contribution < 1.29 is 0 Å². The van der Waals surface area contributed by atoms with E-state index in [9.17, 15) is 0 Å². The van der Waals surface area contributed by atoms with Gasteiger partial charge in [-0.2, -0.15) is 5.10 Å². The van der Waals surface area contributed by atoms with Crippen molar-refractivity contribution in [1.29, 1.82) is 0 Å². The molecule has 3 rings (SSSR count). The molecule has 0 amide bonds. The Kier molecular flexibility index (Phi) is 1.83. The van der Waals surface area contributed by atoms with Crippen molar-refractivity contribution in [2.75, 3.05) is 0 Å². The lowest BCUT2D eigenvalue weighted by Crippen LogP contribution is -1.89. The Labute approximate surface area is 93.2 Å². The first-order valence-electron chi connectivity index (χ1n) is 5.19. The first-order chi connectivity index (χ1) is 7.77. The topological polar surface area (TPSA) is 35.1 Å². The Morgan fingerprint density at radius 1 is 1.19 bits per heavy atom. The molecule has 16 heavy (non-hydrogen) atoms. The van der Waals surface area contributed by atoms with Gasteiger partial charge in [0.2, 0.25) is 0 Å². The minimum Gasteiger partial charge on any atom is -0.334 e. The summed E-state index contributed by atoms with van der Waals surface area (Å²) in [5, 5.41) is 4.47. The number of hydrogen-bond donors (Lipinski definition) is 0. The standard InChI is InChI=1S/C12H12N4/c1-9-11(10-5-3-4-6-13-10)12-15(2)7-8-16(12)14-9/h3-8H,1-2H3. The summed E-state index contributed by atoms with van der Waals surface area (Å²) in [6, 6.07) is 5.93. The molecule has 4 heteroatoms. The first kappa shape index (κ1) is 9.15. The average Bonchev–Trinajstić information content (AvgIpc) is 2.80. The molecule has 3 aromatic heterocycles. The summed E-state index contributed by atoms with van der Waals surface area (Å²) in [5.41, 5.74) is 4.16. The highest BCUT2D eigenvalue weighted by Gasteiger charge is 2.14. The van der Waals surface area contributed by atoms with Crippen LogP contribution in [-0.4, -0.2) is 19.2 Å². The van der Waals surface area contributed by atoms with Gasteiger partial charge in [0.25, 0.3) is 0 Å². The van der Waals surface area contributed by atoms with Crippen LogP contribution in [0.5, 0.6) is 0 Å². The fourth-order valence-corrected chi connectivity index (χ4v) is 2.02. The van der Waals surface area contributed by atoms with E-state index in [0.29, 0.717) is 0 Å². The molecule has 0 radical (unpaired) electrons. The van der Waals surface area contributed by atoms with Crippen LogP contribution in [0.1, 0.15) is 5.69 Å². The van der Waals surface area contributed by atoms with Crippen molar-refractivity contribution >= 4 is 5.65 Å². The second-order valence-corrected chi connectivity index (χ2v) is 3.85. The SMILES string of the molecule is Cc1nn2ccn(C)c2c1-c1ccccn1. The van der Waals surface area contributed by atoms with E-state index in [0.717, 1.165) is 22.6 Å². The summed E-state index contributed by atoms with van der Waals surface area (Å²) in [4.78, 5) is 4.39. The Morgan fingerprint density at radius 3 is 2.81 bits per heavy atom. The molecular formula is C12H12N4. The van der Waals surface area contributed by atoms with Gasteiger partial charge in [-0.15, -0.1) is 0 Å². The smallest absolute Gasteiger partial charge is 0.145 e. The molecule has 0 unspecified atom stereocenters. The van der Waals surface area contributed by atoms with Crippen molar-refractivity contribution in [2.45, 2.75) is 6.92 Å². The maximum atomic E-state index is 4.47. The van der Waals surface area contributed by atoms with Crippen molar-refractivity contribution in [2.24, 2.45) is 7.05 Å². The van der Waals surface area contributed by atoms with Gasteiger partial charge in [0, 0.05) is 25.6 Å². The Balaban J connectivity index is 2.38. The summed E-state index contributed by atoms with van der Waals surface area (Å²) >= 11 is 0. The van der Waals surface area contributed by atoms with Crippen LogP contribution in [0.15, 0.2) is 36.8 Å². The van der Waals surface area contributed by atoms with Crippen LogP contribution in [0.25, 0.3) is 16.9 Å². The van der Waals surface area contributed by atoms with Crippen molar-refractivity contribution in [1.82, 2.24) is 19.2 Å². The maximum absolute atomic E-state index is 4.47. The van der Waals surface area contributed by atoms with Crippen LogP contribution in [-0.2, 0) is 7.05 Å². The van der Waals surface area contributed by atoms with Crippen LogP contribution in [0.4, 0.5) is 0 Å². The molecule has 0 atom stereocenters. The van der Waals surface area contributed by atoms with Crippen LogP contribution < -0.4 is 0 Å². The van der Waals surface area contributed by atoms with E-state index in [2.05, 4.69) is 14.6 Å². The Hall–Kier alpha value is -2.10. The van der Waals surface area contributed by atoms with Crippen LogP contribution in [0.2, 0.25) is 0 Å². The van der Waals surface area contributed by atoms with E-state index in [1.807, 2.05) is 49.1 Å². The number of imidazole rings is 1. The van der Waals surface area contributed by atoms with E-state index in [4.69, 9.17) is 0 Å². The molecule has 4 nitrogen and oxygen atoms in total. The van der Waals surface area contributed by atoms with Gasteiger partial charge >= 0.3 is 0 Å². The zero-order chi connectivity index (χ0) is 11.1. The van der Waals surface area contributed by atoms with E-state index >= 15 is 0 Å². The van der Waals surface area contributed by atoms with Gasteiger partial charge in [-0.3, -0.25) is 4.98 Å². The van der Waals surface area contributed by atoms with E-state index in [1.54, 1.807) is 6.20 Å². The molecule has 0 aromatic carbocycles. The summed E-state index contributed by atoms with van der Waals surface area (Å²) in [6.07, 6.45) is 5.75. The summed E-state index contributed by atoms with van der Waals surface area (Å²) < 4.78 is 3.95. The molecule has 0 aliphatic heterocycles. The predicted molar refractivity (Wildman–Crippen MR) is 62.1 cm³/mol. The highest BCUT2D eigenvalue weighted by molar-refractivity contribution is 5.77. The lowest BCUT2D eigenvalue weighted by atomic mass is 10.1. The van der Waals surface area contributed by atoms with Gasteiger partial charge in [-0.25, -0.2) is 4.52 Å². The average molecular weight is 212 g/mol. The van der Waals surface area contributed by atoms with E-state index < -0.39 is 0 Å². The number of fused-ring (bicyclic) bond motifs is 1. The molecule has 0 fully saturated rings. The third kappa shape index (κ3) is 1.16. The second-order valence-electron chi connectivity index (χ2n) is 3.85. The fourth-order valence-electron chi connectivity index (χ4n) is 2.02. The van der Waals surface area contributed by atoms with Gasteiger partial charge in [0.15, 0.2) is 0 Å². The van der Waals surface area contributed by atoms with Gasteiger partial charge < -0.3 is 4.57 Å². The second kappa shape index (κ2) is 3.20. The van der Waals surface area contributed by atoms with Crippen molar-refractivity contribution in [3.8, 4) is 11.3 Å². The van der Waals surface area contributed by atoms with Gasteiger partial charge in [0.1, 0.15) is 5.65 Å². The zero-order valence-electron chi connectivity index (χ0n) is 9.25. The minimum atomic E-state index is 0.969. The molecule has 0 spiro atoms. The maximum Gasteiger partial charge on any atom is 0.145 e. The molecule has 0 saturated heterocycles. The number of aromatic nitrogens is 4. The first-order valence-corrected chi connectivity index (χ1v) is 5.19. The zero-order valence-corrected chi connectivity index (χ0v) is 9.25. The lowest BCUT2D eigenvalue weighted by Gasteiger charge is -2.00. The molecule has 3 aromatic rings. The van der Waals surface area contributed by atoms with Crippen LogP contribution in [0, 0.1) is 6.92 Å². The normalized spacial score (nSPS) is 11.1.